The molecule has 0 aromatic heterocycles. The Balaban J connectivity index is 2.06. The third-order valence-electron chi connectivity index (χ3n) is 3.59. The van der Waals surface area contributed by atoms with E-state index < -0.39 is 34.5 Å². The number of carbonyl (C=O) groups excluding carboxylic acids is 3. The van der Waals surface area contributed by atoms with E-state index in [-0.39, 0.29) is 18.3 Å². The normalized spacial score (nSPS) is 22.6. The van der Waals surface area contributed by atoms with Gasteiger partial charge < -0.3 is 0 Å². The quantitative estimate of drug-likeness (QED) is 0.808. The molecule has 1 saturated heterocycles. The Morgan fingerprint density at radius 3 is 2.35 bits per heavy atom. The second kappa shape index (κ2) is 5.27. The summed E-state index contributed by atoms with van der Waals surface area (Å²) in [4.78, 5) is 36.5. The Bertz CT molecular complexity index is 447. The number of halogens is 3. The third-order valence-corrected chi connectivity index (χ3v) is 4.31. The molecule has 112 valence electrons. The second-order valence-corrected chi connectivity index (χ2v) is 5.96. The van der Waals surface area contributed by atoms with Gasteiger partial charge in [0.05, 0.1) is 0 Å². The van der Waals surface area contributed by atoms with Crippen molar-refractivity contribution in [3.8, 4) is 0 Å². The number of nitrogens with zero attached hydrogens (tertiary/aromatic N) is 1. The number of urea groups is 1. The average molecular weight is 310 g/mol. The van der Waals surface area contributed by atoms with Crippen LogP contribution < -0.4 is 5.32 Å². The van der Waals surface area contributed by atoms with E-state index in [4.69, 9.17) is 0 Å². The van der Waals surface area contributed by atoms with Crippen LogP contribution in [0.25, 0.3) is 0 Å². The molecule has 0 aromatic rings. The molecule has 1 aliphatic heterocycles. The summed E-state index contributed by atoms with van der Waals surface area (Å²) in [6, 6.07) is -0.930. The van der Waals surface area contributed by atoms with Crippen LogP contribution in [0.1, 0.15) is 25.7 Å². The van der Waals surface area contributed by atoms with Crippen molar-refractivity contribution < 1.29 is 27.6 Å². The first-order valence-electron chi connectivity index (χ1n) is 6.14. The van der Waals surface area contributed by atoms with E-state index in [2.05, 4.69) is 5.32 Å². The molecule has 0 radical (unpaired) electrons. The number of hydrogen-bond acceptors (Lipinski definition) is 4. The van der Waals surface area contributed by atoms with Crippen molar-refractivity contribution in [2.24, 2.45) is 5.41 Å². The summed E-state index contributed by atoms with van der Waals surface area (Å²) >= 11 is -0.296. The van der Waals surface area contributed by atoms with Gasteiger partial charge in [0.2, 0.25) is 11.8 Å². The summed E-state index contributed by atoms with van der Waals surface area (Å²) < 4.78 is 36.2. The monoisotopic (exact) mass is 310 g/mol. The molecule has 1 spiro atoms. The van der Waals surface area contributed by atoms with Gasteiger partial charge in [-0.3, -0.25) is 19.8 Å². The van der Waals surface area contributed by atoms with Crippen molar-refractivity contribution in [3.63, 3.8) is 0 Å². The maximum absolute atomic E-state index is 12.3. The molecule has 2 fully saturated rings. The highest BCUT2D eigenvalue weighted by Crippen LogP contribution is 2.42. The van der Waals surface area contributed by atoms with Crippen LogP contribution in [0.2, 0.25) is 0 Å². The van der Waals surface area contributed by atoms with Gasteiger partial charge in [0.25, 0.3) is 0 Å². The molecule has 1 N–H and O–H groups in total. The molecular formula is C11H13F3N2O3S. The predicted octanol–water partition coefficient (Wildman–Crippen LogP) is 1.88. The number of nitrogens with one attached hydrogen (secondary N) is 1. The van der Waals surface area contributed by atoms with Crippen LogP contribution in [0.4, 0.5) is 18.0 Å². The van der Waals surface area contributed by atoms with E-state index in [1.54, 1.807) is 0 Å². The fourth-order valence-electron chi connectivity index (χ4n) is 2.61. The zero-order chi connectivity index (χ0) is 15.0. The molecule has 0 atom stereocenters. The molecule has 1 saturated carbocycles. The zero-order valence-electron chi connectivity index (χ0n) is 10.5. The number of carbonyl (C=O) groups is 3. The van der Waals surface area contributed by atoms with Gasteiger partial charge in [-0.25, -0.2) is 4.79 Å². The summed E-state index contributed by atoms with van der Waals surface area (Å²) in [6.45, 7) is -0.357. The Kier molecular flexibility index (Phi) is 3.99. The topological polar surface area (TPSA) is 66.5 Å². The SMILES string of the molecule is O=C1NC(=O)C2(CCCC2)C(=O)N1CCSC(F)(F)F. The van der Waals surface area contributed by atoms with E-state index in [1.165, 1.54) is 0 Å². The van der Waals surface area contributed by atoms with E-state index in [9.17, 15) is 27.6 Å². The van der Waals surface area contributed by atoms with E-state index in [0.29, 0.717) is 25.7 Å². The molecule has 9 heteroatoms. The molecule has 4 amide bonds. The molecular weight excluding hydrogens is 297 g/mol. The minimum atomic E-state index is -4.41. The van der Waals surface area contributed by atoms with E-state index in [1.807, 2.05) is 0 Å². The molecule has 5 nitrogen and oxygen atoms in total. The van der Waals surface area contributed by atoms with E-state index >= 15 is 0 Å². The fraction of sp³-hybridized carbons (Fsp3) is 0.727. The first kappa shape index (κ1) is 15.1. The van der Waals surface area contributed by atoms with Crippen LogP contribution >= 0.6 is 11.8 Å². The Morgan fingerprint density at radius 2 is 1.80 bits per heavy atom. The molecule has 20 heavy (non-hydrogen) atoms. The smallest absolute Gasteiger partial charge is 0.277 e. The lowest BCUT2D eigenvalue weighted by molar-refractivity contribution is -0.150. The summed E-state index contributed by atoms with van der Waals surface area (Å²) in [6.07, 6.45) is 2.07. The number of amides is 4. The van der Waals surface area contributed by atoms with Crippen LogP contribution in [0.3, 0.4) is 0 Å². The van der Waals surface area contributed by atoms with E-state index in [0.717, 1.165) is 4.90 Å². The maximum Gasteiger partial charge on any atom is 0.441 e. The van der Waals surface area contributed by atoms with Gasteiger partial charge in [0.15, 0.2) is 0 Å². The number of thioether (sulfide) groups is 1. The van der Waals surface area contributed by atoms with Crippen molar-refractivity contribution >= 4 is 29.6 Å². The summed E-state index contributed by atoms with van der Waals surface area (Å²) in [7, 11) is 0. The van der Waals surface area contributed by atoms with Gasteiger partial charge in [0.1, 0.15) is 5.41 Å². The molecule has 2 aliphatic rings. The molecule has 1 heterocycles. The minimum Gasteiger partial charge on any atom is -0.277 e. The van der Waals surface area contributed by atoms with Gasteiger partial charge in [-0.15, -0.1) is 0 Å². The number of barbiturate groups is 1. The number of alkyl halides is 3. The van der Waals surface area contributed by atoms with Gasteiger partial charge in [-0.2, -0.15) is 13.2 Å². The summed E-state index contributed by atoms with van der Waals surface area (Å²) in [5.74, 6) is -1.72. The number of rotatable bonds is 3. The lowest BCUT2D eigenvalue weighted by atomic mass is 9.82. The van der Waals surface area contributed by atoms with Gasteiger partial charge in [0, 0.05) is 12.3 Å². The largest absolute Gasteiger partial charge is 0.441 e. The maximum atomic E-state index is 12.3. The first-order chi connectivity index (χ1) is 9.26. The highest BCUT2D eigenvalue weighted by Gasteiger charge is 2.54. The average Bonchev–Trinajstić information content (AvgIpc) is 2.81. The Morgan fingerprint density at radius 1 is 1.20 bits per heavy atom. The second-order valence-electron chi connectivity index (χ2n) is 4.80. The lowest BCUT2D eigenvalue weighted by Gasteiger charge is -2.36. The molecule has 2 rings (SSSR count). The Hall–Kier alpha value is -1.25. The van der Waals surface area contributed by atoms with Crippen molar-refractivity contribution in [1.29, 1.82) is 0 Å². The zero-order valence-corrected chi connectivity index (χ0v) is 11.3. The first-order valence-corrected chi connectivity index (χ1v) is 7.13. The van der Waals surface area contributed by atoms with Crippen molar-refractivity contribution in [2.75, 3.05) is 12.3 Å². The Labute approximate surface area is 117 Å². The van der Waals surface area contributed by atoms with Crippen LogP contribution in [0.5, 0.6) is 0 Å². The van der Waals surface area contributed by atoms with Gasteiger partial charge in [-0.05, 0) is 24.6 Å². The molecule has 0 bridgehead atoms. The number of imide groups is 2. The minimum absolute atomic E-state index is 0.296. The van der Waals surface area contributed by atoms with Crippen LogP contribution in [0.15, 0.2) is 0 Å². The standard InChI is InChI=1S/C11H13F3N2O3S/c12-11(13,14)20-6-5-16-8(18)10(3-1-2-4-10)7(17)15-9(16)19/h1-6H2,(H,15,17,19). The third kappa shape index (κ3) is 2.77. The fourth-order valence-corrected chi connectivity index (χ4v) is 3.11. The van der Waals surface area contributed by atoms with Crippen molar-refractivity contribution in [2.45, 2.75) is 31.2 Å². The molecule has 1 aliphatic carbocycles. The summed E-state index contributed by atoms with van der Waals surface area (Å²) in [5, 5.41) is 2.08. The predicted molar refractivity (Wildman–Crippen MR) is 64.7 cm³/mol. The highest BCUT2D eigenvalue weighted by molar-refractivity contribution is 8.00. The van der Waals surface area contributed by atoms with Crippen molar-refractivity contribution in [1.82, 2.24) is 10.2 Å². The van der Waals surface area contributed by atoms with Gasteiger partial charge in [-0.1, -0.05) is 12.8 Å². The molecule has 0 unspecified atom stereocenters. The highest BCUT2D eigenvalue weighted by atomic mass is 32.2. The van der Waals surface area contributed by atoms with Crippen LogP contribution in [-0.4, -0.2) is 40.6 Å². The van der Waals surface area contributed by atoms with Gasteiger partial charge >= 0.3 is 11.5 Å². The van der Waals surface area contributed by atoms with Crippen LogP contribution in [0, 0.1) is 5.41 Å². The van der Waals surface area contributed by atoms with Crippen molar-refractivity contribution in [3.05, 3.63) is 0 Å². The lowest BCUT2D eigenvalue weighted by Crippen LogP contribution is -2.63. The summed E-state index contributed by atoms with van der Waals surface area (Å²) in [5.41, 5.74) is -5.66. The molecule has 0 aromatic carbocycles. The number of hydrogen-bond donors (Lipinski definition) is 1. The van der Waals surface area contributed by atoms with Crippen LogP contribution in [-0.2, 0) is 9.59 Å².